The normalized spacial score (nSPS) is 31.8. The first-order valence-corrected chi connectivity index (χ1v) is 10.1. The van der Waals surface area contributed by atoms with Crippen LogP contribution in [0.2, 0.25) is 0 Å². The quantitative estimate of drug-likeness (QED) is 0.497. The number of benzene rings is 1. The summed E-state index contributed by atoms with van der Waals surface area (Å²) in [5, 5.41) is 0. The van der Waals surface area contributed by atoms with Gasteiger partial charge in [0.05, 0.1) is 0 Å². The highest BCUT2D eigenvalue weighted by molar-refractivity contribution is 5.25. The van der Waals surface area contributed by atoms with Crippen molar-refractivity contribution in [1.82, 2.24) is 0 Å². The number of allylic oxidation sites excluding steroid dienone is 4. The van der Waals surface area contributed by atoms with E-state index in [-0.39, 0.29) is 2.85 Å². The van der Waals surface area contributed by atoms with E-state index in [9.17, 15) is 0 Å². The first-order valence-electron chi connectivity index (χ1n) is 10.1. The molecule has 0 nitrogen and oxygen atoms in total. The summed E-state index contributed by atoms with van der Waals surface area (Å²) in [6.07, 6.45) is 20.8. The molecule has 2 aliphatic rings. The Morgan fingerprint density at radius 3 is 1.67 bits per heavy atom. The van der Waals surface area contributed by atoms with Gasteiger partial charge in [0.1, 0.15) is 0 Å². The molecule has 0 bridgehead atoms. The van der Waals surface area contributed by atoms with Crippen LogP contribution in [0.5, 0.6) is 0 Å². The third-order valence-corrected chi connectivity index (χ3v) is 6.26. The smallest absolute Gasteiger partial charge is 0 e. The lowest BCUT2D eigenvalue weighted by molar-refractivity contribution is 0.348. The van der Waals surface area contributed by atoms with Gasteiger partial charge in [-0.05, 0) is 94.4 Å². The van der Waals surface area contributed by atoms with Crippen LogP contribution in [0.25, 0.3) is 0 Å². The second-order valence-electron chi connectivity index (χ2n) is 8.11. The first kappa shape index (κ1) is 17.5. The van der Waals surface area contributed by atoms with Gasteiger partial charge in [0.2, 0.25) is 0 Å². The predicted octanol–water partition coefficient (Wildman–Crippen LogP) is 7.70. The highest BCUT2D eigenvalue weighted by Crippen LogP contribution is 2.37. The topological polar surface area (TPSA) is 0 Å². The van der Waals surface area contributed by atoms with Gasteiger partial charge in [0, 0.05) is 2.85 Å². The monoisotopic (exact) mass is 326 g/mol. The number of rotatable bonds is 4. The summed E-state index contributed by atoms with van der Waals surface area (Å²) in [6, 6.07) is 9.23. The molecule has 2 fully saturated rings. The van der Waals surface area contributed by atoms with Crippen molar-refractivity contribution in [2.45, 2.75) is 71.1 Å². The van der Waals surface area contributed by atoms with Crippen LogP contribution in [0, 0.1) is 24.7 Å². The Morgan fingerprint density at radius 1 is 0.708 bits per heavy atom. The van der Waals surface area contributed by atoms with Crippen molar-refractivity contribution in [2.24, 2.45) is 17.8 Å². The summed E-state index contributed by atoms with van der Waals surface area (Å²) in [4.78, 5) is 0. The molecule has 0 heterocycles. The maximum atomic E-state index is 2.58. The Balaban J connectivity index is 0.00000169. The second kappa shape index (κ2) is 8.70. The van der Waals surface area contributed by atoms with Crippen molar-refractivity contribution >= 4 is 0 Å². The fraction of sp³-hybridized carbons (Fsp3) is 0.583. The van der Waals surface area contributed by atoms with Crippen LogP contribution in [0.3, 0.4) is 0 Å². The van der Waals surface area contributed by atoms with E-state index < -0.39 is 0 Å². The average Bonchev–Trinajstić information content (AvgIpc) is 2.63. The summed E-state index contributed by atoms with van der Waals surface area (Å²) in [6.45, 7) is 4.33. The van der Waals surface area contributed by atoms with Gasteiger partial charge in [-0.3, -0.25) is 0 Å². The van der Waals surface area contributed by atoms with Crippen molar-refractivity contribution in [3.63, 3.8) is 0 Å². The molecule has 3 rings (SSSR count). The molecule has 24 heavy (non-hydrogen) atoms. The average molecular weight is 327 g/mol. The van der Waals surface area contributed by atoms with Crippen LogP contribution in [0.15, 0.2) is 48.6 Å². The molecule has 0 spiro atoms. The molecule has 0 aromatic heterocycles. The Bertz CT molecular complexity index is 542. The van der Waals surface area contributed by atoms with Gasteiger partial charge < -0.3 is 0 Å². The Morgan fingerprint density at radius 2 is 1.17 bits per heavy atom. The summed E-state index contributed by atoms with van der Waals surface area (Å²) < 4.78 is 0. The summed E-state index contributed by atoms with van der Waals surface area (Å²) in [5.74, 6) is 3.33. The molecule has 0 amide bonds. The highest BCUT2D eigenvalue weighted by atomic mass is 14.3. The van der Waals surface area contributed by atoms with E-state index in [0.717, 1.165) is 23.7 Å². The van der Waals surface area contributed by atoms with Crippen LogP contribution in [-0.2, 0) is 0 Å². The lowest BCUT2D eigenvalue weighted by Crippen LogP contribution is -2.13. The first-order chi connectivity index (χ1) is 11.7. The molecule has 2 aliphatic carbocycles. The lowest BCUT2D eigenvalue weighted by atomic mass is 9.77. The van der Waals surface area contributed by atoms with Crippen molar-refractivity contribution < 1.29 is 2.85 Å². The van der Waals surface area contributed by atoms with Gasteiger partial charge in [-0.15, -0.1) is 0 Å². The molecular weight excluding hydrogens is 288 g/mol. The van der Waals surface area contributed by atoms with Crippen molar-refractivity contribution in [2.75, 3.05) is 0 Å². The maximum Gasteiger partial charge on any atom is 0 e. The SMILES string of the molecule is C/C=C/C1CCC(/C=C/C2CCC(c3ccc(C)cc3)CC2)CC1.[HH].[HH]. The molecule has 1 aromatic rings. The minimum atomic E-state index is 0. The van der Waals surface area contributed by atoms with Crippen LogP contribution in [0.4, 0.5) is 0 Å². The summed E-state index contributed by atoms with van der Waals surface area (Å²) in [5.41, 5.74) is 2.94. The Hall–Kier alpha value is -1.30. The van der Waals surface area contributed by atoms with Gasteiger partial charge in [0.15, 0.2) is 0 Å². The van der Waals surface area contributed by atoms with E-state index in [0.29, 0.717) is 0 Å². The lowest BCUT2D eigenvalue weighted by Gasteiger charge is -2.28. The largest absolute Gasteiger partial charge is 0.0914 e. The Kier molecular flexibility index (Phi) is 6.35. The van der Waals surface area contributed by atoms with E-state index in [2.05, 4.69) is 62.4 Å². The number of hydrogen-bond donors (Lipinski definition) is 0. The van der Waals surface area contributed by atoms with E-state index >= 15 is 0 Å². The fourth-order valence-electron chi connectivity index (χ4n) is 4.60. The fourth-order valence-corrected chi connectivity index (χ4v) is 4.60. The van der Waals surface area contributed by atoms with Crippen molar-refractivity contribution in [1.29, 1.82) is 0 Å². The summed E-state index contributed by atoms with van der Waals surface area (Å²) in [7, 11) is 0. The maximum absolute atomic E-state index is 2.58. The molecule has 0 aliphatic heterocycles. The van der Waals surface area contributed by atoms with Gasteiger partial charge >= 0.3 is 0 Å². The standard InChI is InChI=1S/C24H34.2H2/c1-3-4-20-7-9-21(10-8-20)11-12-22-13-17-24(18-14-22)23-15-5-19(2)6-16-23;;/h3-6,11-12,15-16,20-22,24H,7-10,13-14,17-18H2,1-2H3;2*1H/b4-3+,12-11+;;. The van der Waals surface area contributed by atoms with E-state index in [1.54, 1.807) is 5.56 Å². The third kappa shape index (κ3) is 4.85. The number of aryl methyl sites for hydroxylation is 1. The third-order valence-electron chi connectivity index (χ3n) is 6.26. The molecule has 0 radical (unpaired) electrons. The van der Waals surface area contributed by atoms with E-state index in [1.165, 1.54) is 56.9 Å². The molecule has 0 unspecified atom stereocenters. The molecule has 1 aromatic carbocycles. The molecule has 0 N–H and O–H groups in total. The van der Waals surface area contributed by atoms with Crippen molar-refractivity contribution in [3.05, 3.63) is 59.7 Å². The van der Waals surface area contributed by atoms with Gasteiger partial charge in [-0.25, -0.2) is 0 Å². The molecule has 0 saturated heterocycles. The minimum Gasteiger partial charge on any atom is -0.0914 e. The highest BCUT2D eigenvalue weighted by Gasteiger charge is 2.22. The molecule has 134 valence electrons. The van der Waals surface area contributed by atoms with Gasteiger partial charge in [-0.1, -0.05) is 54.1 Å². The number of hydrogen-bond acceptors (Lipinski definition) is 0. The van der Waals surface area contributed by atoms with Crippen LogP contribution in [-0.4, -0.2) is 0 Å². The molecular formula is C24H38. The van der Waals surface area contributed by atoms with Crippen LogP contribution in [0.1, 0.15) is 78.2 Å². The van der Waals surface area contributed by atoms with E-state index in [1.807, 2.05) is 0 Å². The second-order valence-corrected chi connectivity index (χ2v) is 8.11. The van der Waals surface area contributed by atoms with Gasteiger partial charge in [-0.2, -0.15) is 0 Å². The minimum absolute atomic E-state index is 0. The van der Waals surface area contributed by atoms with Crippen LogP contribution < -0.4 is 0 Å². The predicted molar refractivity (Wildman–Crippen MR) is 110 cm³/mol. The van der Waals surface area contributed by atoms with Gasteiger partial charge in [0.25, 0.3) is 0 Å². The van der Waals surface area contributed by atoms with Crippen LogP contribution >= 0.6 is 0 Å². The Labute approximate surface area is 152 Å². The summed E-state index contributed by atoms with van der Waals surface area (Å²) >= 11 is 0. The van der Waals surface area contributed by atoms with Crippen molar-refractivity contribution in [3.8, 4) is 0 Å². The zero-order valence-corrected chi connectivity index (χ0v) is 15.6. The zero-order valence-electron chi connectivity index (χ0n) is 15.6. The molecule has 0 heteroatoms. The molecule has 2 saturated carbocycles. The zero-order chi connectivity index (χ0) is 16.8. The van der Waals surface area contributed by atoms with E-state index in [4.69, 9.17) is 0 Å². The molecule has 0 atom stereocenters.